The zero-order chi connectivity index (χ0) is 20.9. The summed E-state index contributed by atoms with van der Waals surface area (Å²) in [6.07, 6.45) is 0.767. The van der Waals surface area contributed by atoms with Gasteiger partial charge >= 0.3 is 0 Å². The number of rotatable bonds is 6. The molecule has 1 radical (unpaired) electrons. The molecule has 0 spiro atoms. The summed E-state index contributed by atoms with van der Waals surface area (Å²) >= 11 is 0.267. The van der Waals surface area contributed by atoms with E-state index in [4.69, 9.17) is 9.60 Å². The fourth-order valence-electron chi connectivity index (χ4n) is 1.19. The number of thiophene rings is 1. The third-order valence-corrected chi connectivity index (χ3v) is 7.05. The Bertz CT molecular complexity index is 901. The standard InChI is InChI=1S/C11H18NO4S3/c1-5-12-8(3)9-7-10(18(4,13)14)17-11(9)19(15,16)6-2/h6-8,12H,5H2,1-4H3/t8-/m0/s1/i1D3,5D2,7D,8D. The van der Waals surface area contributed by atoms with Crippen molar-refractivity contribution >= 4 is 31.0 Å². The second kappa shape index (κ2) is 5.90. The maximum absolute atomic E-state index is 12.3. The first-order valence-electron chi connectivity index (χ1n) is 8.45. The molecule has 0 fully saturated rings. The Morgan fingerprint density at radius 2 is 2.26 bits per heavy atom. The molecule has 0 saturated heterocycles. The molecule has 1 aromatic rings. The van der Waals surface area contributed by atoms with Crippen LogP contribution in [0.1, 0.15) is 41.9 Å². The second-order valence-electron chi connectivity index (χ2n) is 3.60. The van der Waals surface area contributed by atoms with Gasteiger partial charge in [-0.3, -0.25) is 0 Å². The number of hydrogen-bond donors (Lipinski definition) is 1. The fourth-order valence-corrected chi connectivity index (χ4v) is 4.83. The van der Waals surface area contributed by atoms with Gasteiger partial charge in [-0.2, -0.15) is 0 Å². The van der Waals surface area contributed by atoms with Crippen molar-refractivity contribution in [1.82, 2.24) is 5.32 Å². The lowest BCUT2D eigenvalue weighted by Crippen LogP contribution is -2.19. The van der Waals surface area contributed by atoms with Crippen molar-refractivity contribution in [2.24, 2.45) is 0 Å². The largest absolute Gasteiger partial charge is 0.310 e. The summed E-state index contributed by atoms with van der Waals surface area (Å²) < 4.78 is 100. The Balaban J connectivity index is 3.78. The van der Waals surface area contributed by atoms with Crippen LogP contribution >= 0.6 is 11.3 Å². The van der Waals surface area contributed by atoms with E-state index in [9.17, 15) is 16.8 Å². The molecular weight excluding hydrogens is 306 g/mol. The number of hydrogen-bond acceptors (Lipinski definition) is 6. The van der Waals surface area contributed by atoms with Crippen molar-refractivity contribution in [2.75, 3.05) is 12.8 Å². The van der Waals surface area contributed by atoms with Crippen LogP contribution in [0.5, 0.6) is 0 Å². The van der Waals surface area contributed by atoms with Crippen LogP contribution < -0.4 is 5.32 Å². The average molecular weight is 332 g/mol. The van der Waals surface area contributed by atoms with Gasteiger partial charge in [-0.25, -0.2) is 16.8 Å². The van der Waals surface area contributed by atoms with Crippen molar-refractivity contribution in [3.8, 4) is 0 Å². The Labute approximate surface area is 128 Å². The maximum Gasteiger partial charge on any atom is 0.191 e. The highest BCUT2D eigenvalue weighted by molar-refractivity contribution is 7.96. The SMILES string of the molecule is [2H]c1c(S(C)(=O)=O)sc(S(=O)(=O)[CH]C)c1[C@]([2H])(C)NC([2H])([2H])C([2H])([2H])[2H]. The van der Waals surface area contributed by atoms with Crippen LogP contribution in [0.3, 0.4) is 0 Å². The average Bonchev–Trinajstić information content (AvgIpc) is 2.75. The van der Waals surface area contributed by atoms with E-state index in [1.54, 1.807) is 0 Å². The molecule has 0 aliphatic heterocycles. The molecule has 1 aromatic heterocycles. The minimum atomic E-state index is -4.18. The first-order chi connectivity index (χ1) is 11.3. The van der Waals surface area contributed by atoms with Crippen LogP contribution in [-0.4, -0.2) is 29.6 Å². The molecule has 0 aromatic carbocycles. The molecule has 0 aliphatic rings. The quantitative estimate of drug-likeness (QED) is 0.859. The van der Waals surface area contributed by atoms with E-state index in [0.29, 0.717) is 0 Å². The molecule has 0 aliphatic carbocycles. The molecule has 1 heterocycles. The third kappa shape index (κ3) is 3.77. The van der Waals surface area contributed by atoms with Gasteiger partial charge in [0.05, 0.1) is 8.49 Å². The summed E-state index contributed by atoms with van der Waals surface area (Å²) in [7, 11) is -8.18. The van der Waals surface area contributed by atoms with Crippen molar-refractivity contribution in [3.05, 3.63) is 17.4 Å². The predicted octanol–water partition coefficient (Wildman–Crippen LogP) is 1.78. The summed E-state index contributed by atoms with van der Waals surface area (Å²) in [5.74, 6) is 0.752. The lowest BCUT2D eigenvalue weighted by atomic mass is 10.2. The molecule has 1 rings (SSSR count). The van der Waals surface area contributed by atoms with Gasteiger partial charge in [0.1, 0.15) is 8.42 Å². The van der Waals surface area contributed by atoms with Crippen LogP contribution in [-0.2, 0) is 19.7 Å². The Kier molecular flexibility index (Phi) is 2.72. The van der Waals surface area contributed by atoms with Crippen molar-refractivity contribution < 1.29 is 26.4 Å². The van der Waals surface area contributed by atoms with Gasteiger partial charge in [-0.1, -0.05) is 6.85 Å². The van der Waals surface area contributed by atoms with Crippen molar-refractivity contribution in [1.29, 1.82) is 0 Å². The summed E-state index contributed by atoms with van der Waals surface area (Å²) in [5, 5.41) is 1.88. The Morgan fingerprint density at radius 1 is 1.63 bits per heavy atom. The number of nitrogens with one attached hydrogen (secondary N) is 1. The lowest BCUT2D eigenvalue weighted by Gasteiger charge is -2.12. The Morgan fingerprint density at radius 3 is 2.74 bits per heavy atom. The van der Waals surface area contributed by atoms with Crippen LogP contribution in [0.25, 0.3) is 0 Å². The molecule has 0 unspecified atom stereocenters. The zero-order valence-electron chi connectivity index (χ0n) is 17.4. The van der Waals surface area contributed by atoms with Gasteiger partial charge in [0.2, 0.25) is 0 Å². The zero-order valence-corrected chi connectivity index (χ0v) is 12.9. The van der Waals surface area contributed by atoms with E-state index >= 15 is 0 Å². The summed E-state index contributed by atoms with van der Waals surface area (Å²) in [6, 6.07) is -3.20. The topological polar surface area (TPSA) is 80.3 Å². The summed E-state index contributed by atoms with van der Waals surface area (Å²) in [4.78, 5) is 0. The van der Waals surface area contributed by atoms with E-state index in [2.05, 4.69) is 0 Å². The molecule has 0 bridgehead atoms. The first-order valence-corrected chi connectivity index (χ1v) is 9.21. The maximum atomic E-state index is 12.3. The van der Waals surface area contributed by atoms with Gasteiger partial charge < -0.3 is 5.32 Å². The van der Waals surface area contributed by atoms with Crippen LogP contribution in [0.4, 0.5) is 0 Å². The van der Waals surface area contributed by atoms with Crippen molar-refractivity contribution in [3.63, 3.8) is 0 Å². The van der Waals surface area contributed by atoms with Gasteiger partial charge in [-0.15, -0.1) is 11.3 Å². The lowest BCUT2D eigenvalue weighted by molar-refractivity contribution is 0.579. The smallest absolute Gasteiger partial charge is 0.191 e. The molecule has 19 heavy (non-hydrogen) atoms. The highest BCUT2D eigenvalue weighted by Crippen LogP contribution is 2.35. The molecule has 8 heteroatoms. The summed E-state index contributed by atoms with van der Waals surface area (Å²) in [6.45, 7) is -4.17. The molecule has 0 amide bonds. The second-order valence-corrected chi connectivity index (χ2v) is 9.06. The molecule has 0 saturated carbocycles. The van der Waals surface area contributed by atoms with Gasteiger partial charge in [-0.05, 0) is 32.0 Å². The first kappa shape index (κ1) is 8.76. The van der Waals surface area contributed by atoms with Crippen LogP contribution in [0.2, 0.25) is 0 Å². The van der Waals surface area contributed by atoms with E-state index in [1.807, 2.05) is 5.32 Å². The predicted molar refractivity (Wildman–Crippen MR) is 76.7 cm³/mol. The summed E-state index contributed by atoms with van der Waals surface area (Å²) in [5.41, 5.74) is -0.630. The van der Waals surface area contributed by atoms with E-state index in [1.165, 1.54) is 6.92 Å². The van der Waals surface area contributed by atoms with E-state index < -0.39 is 59.1 Å². The van der Waals surface area contributed by atoms with Crippen LogP contribution in [0, 0.1) is 5.75 Å². The van der Waals surface area contributed by atoms with E-state index in [0.717, 1.165) is 18.9 Å². The van der Waals surface area contributed by atoms with E-state index in [-0.39, 0.29) is 11.3 Å². The monoisotopic (exact) mass is 331 g/mol. The molecule has 1 atom stereocenters. The molecule has 109 valence electrons. The van der Waals surface area contributed by atoms with Gasteiger partial charge in [0, 0.05) is 19.1 Å². The van der Waals surface area contributed by atoms with Crippen LogP contribution in [0.15, 0.2) is 14.5 Å². The Hall–Kier alpha value is -0.440. The third-order valence-electron chi connectivity index (χ3n) is 2.15. The van der Waals surface area contributed by atoms with Crippen molar-refractivity contribution in [2.45, 2.75) is 35.1 Å². The van der Waals surface area contributed by atoms with Gasteiger partial charge in [0.25, 0.3) is 0 Å². The minimum Gasteiger partial charge on any atom is -0.310 e. The molecular formula is C11H18NO4S3. The highest BCUT2D eigenvalue weighted by Gasteiger charge is 2.26. The molecule has 5 nitrogen and oxygen atoms in total. The molecule has 1 N–H and O–H groups in total. The normalized spacial score (nSPS) is 23.0. The minimum absolute atomic E-state index is 0.267. The van der Waals surface area contributed by atoms with Gasteiger partial charge in [0.15, 0.2) is 19.7 Å². The number of sulfone groups is 2. The fraction of sp³-hybridized carbons (Fsp3) is 0.545. The highest BCUT2D eigenvalue weighted by atomic mass is 32.3.